The van der Waals surface area contributed by atoms with Crippen LogP contribution in [0, 0.1) is 13.8 Å². The van der Waals surface area contributed by atoms with Crippen molar-refractivity contribution in [2.45, 2.75) is 13.8 Å². The van der Waals surface area contributed by atoms with E-state index in [2.05, 4.69) is 21.0 Å². The zero-order valence-electron chi connectivity index (χ0n) is 15.7. The first-order valence-corrected chi connectivity index (χ1v) is 8.72. The van der Waals surface area contributed by atoms with E-state index in [0.717, 1.165) is 16.9 Å². The fourth-order valence-corrected chi connectivity index (χ4v) is 2.66. The van der Waals surface area contributed by atoms with Gasteiger partial charge in [0, 0.05) is 37.4 Å². The highest BCUT2D eigenvalue weighted by Gasteiger charge is 2.13. The average molecular weight is 362 g/mol. The molecule has 0 bridgehead atoms. The highest BCUT2D eigenvalue weighted by atomic mass is 16.5. The molecule has 2 heterocycles. The molecular weight excluding hydrogens is 340 g/mol. The summed E-state index contributed by atoms with van der Waals surface area (Å²) in [5.41, 5.74) is 3.54. The predicted octanol–water partition coefficient (Wildman–Crippen LogP) is 3.31. The molecule has 2 aromatic heterocycles. The van der Waals surface area contributed by atoms with Crippen LogP contribution >= 0.6 is 0 Å². The molecule has 0 saturated heterocycles. The summed E-state index contributed by atoms with van der Waals surface area (Å²) >= 11 is 0. The molecule has 0 saturated carbocycles. The Balaban J connectivity index is 1.57. The Morgan fingerprint density at radius 1 is 1.11 bits per heavy atom. The SMILES string of the molecule is Cc1ccc(OCCN(C)C(=O)c2cnc(-c3cccnc3)nc2)c(C)c1. The van der Waals surface area contributed by atoms with Crippen LogP contribution in [0.4, 0.5) is 0 Å². The molecule has 1 aromatic carbocycles. The lowest BCUT2D eigenvalue weighted by atomic mass is 10.1. The van der Waals surface area contributed by atoms with Crippen LogP contribution in [0.5, 0.6) is 5.75 Å². The monoisotopic (exact) mass is 362 g/mol. The van der Waals surface area contributed by atoms with E-state index in [4.69, 9.17) is 4.74 Å². The number of amides is 1. The van der Waals surface area contributed by atoms with E-state index < -0.39 is 0 Å². The Bertz CT molecular complexity index is 911. The zero-order valence-corrected chi connectivity index (χ0v) is 15.7. The van der Waals surface area contributed by atoms with Crippen LogP contribution in [0.2, 0.25) is 0 Å². The number of benzene rings is 1. The molecule has 3 rings (SSSR count). The second-order valence-electron chi connectivity index (χ2n) is 6.38. The van der Waals surface area contributed by atoms with Crippen molar-refractivity contribution in [1.82, 2.24) is 19.9 Å². The lowest BCUT2D eigenvalue weighted by molar-refractivity contribution is 0.0773. The molecule has 6 nitrogen and oxygen atoms in total. The smallest absolute Gasteiger partial charge is 0.256 e. The van der Waals surface area contributed by atoms with E-state index in [1.807, 2.05) is 38.1 Å². The summed E-state index contributed by atoms with van der Waals surface area (Å²) in [6, 6.07) is 9.74. The fourth-order valence-electron chi connectivity index (χ4n) is 2.66. The Kier molecular flexibility index (Phi) is 5.76. The Morgan fingerprint density at radius 3 is 2.56 bits per heavy atom. The minimum absolute atomic E-state index is 0.142. The molecule has 0 radical (unpaired) electrons. The Labute approximate surface area is 158 Å². The summed E-state index contributed by atoms with van der Waals surface area (Å²) in [4.78, 5) is 26.7. The number of carbonyl (C=O) groups excluding carboxylic acids is 1. The van der Waals surface area contributed by atoms with Crippen LogP contribution in [0.1, 0.15) is 21.5 Å². The molecular formula is C21H22N4O2. The molecule has 0 aliphatic rings. The van der Waals surface area contributed by atoms with Crippen LogP contribution in [-0.4, -0.2) is 46.0 Å². The van der Waals surface area contributed by atoms with Crippen molar-refractivity contribution in [2.24, 2.45) is 0 Å². The molecule has 0 unspecified atom stereocenters. The molecule has 27 heavy (non-hydrogen) atoms. The number of carbonyl (C=O) groups is 1. The molecule has 0 fully saturated rings. The second kappa shape index (κ2) is 8.40. The van der Waals surface area contributed by atoms with Crippen molar-refractivity contribution in [3.05, 3.63) is 71.8 Å². The first kappa shape index (κ1) is 18.5. The third kappa shape index (κ3) is 4.67. The molecule has 0 aliphatic carbocycles. The van der Waals surface area contributed by atoms with Crippen molar-refractivity contribution in [3.63, 3.8) is 0 Å². The number of aromatic nitrogens is 3. The highest BCUT2D eigenvalue weighted by Crippen LogP contribution is 2.18. The number of rotatable bonds is 6. The van der Waals surface area contributed by atoms with Gasteiger partial charge < -0.3 is 9.64 Å². The number of ether oxygens (including phenoxy) is 1. The largest absolute Gasteiger partial charge is 0.491 e. The van der Waals surface area contributed by atoms with Crippen molar-refractivity contribution >= 4 is 5.91 Å². The van der Waals surface area contributed by atoms with Gasteiger partial charge in [0.1, 0.15) is 12.4 Å². The zero-order chi connectivity index (χ0) is 19.2. The first-order valence-electron chi connectivity index (χ1n) is 8.72. The lowest BCUT2D eigenvalue weighted by Gasteiger charge is -2.18. The van der Waals surface area contributed by atoms with Gasteiger partial charge in [0.2, 0.25) is 0 Å². The number of hydrogen-bond donors (Lipinski definition) is 0. The van der Waals surface area contributed by atoms with Crippen LogP contribution in [0.15, 0.2) is 55.1 Å². The van der Waals surface area contributed by atoms with Gasteiger partial charge in [-0.3, -0.25) is 9.78 Å². The van der Waals surface area contributed by atoms with Crippen LogP contribution in [0.25, 0.3) is 11.4 Å². The van der Waals surface area contributed by atoms with Gasteiger partial charge in [-0.05, 0) is 37.6 Å². The standard InChI is InChI=1S/C21H22N4O2/c1-15-6-7-19(16(2)11-15)27-10-9-25(3)21(26)18-13-23-20(24-14-18)17-5-4-8-22-12-17/h4-8,11-14H,9-10H2,1-3H3. The van der Waals surface area contributed by atoms with Gasteiger partial charge in [-0.2, -0.15) is 0 Å². The van der Waals surface area contributed by atoms with E-state index in [9.17, 15) is 4.79 Å². The molecule has 6 heteroatoms. The molecule has 0 N–H and O–H groups in total. The van der Waals surface area contributed by atoms with Crippen LogP contribution in [-0.2, 0) is 0 Å². The molecule has 0 aliphatic heterocycles. The quantitative estimate of drug-likeness (QED) is 0.673. The minimum Gasteiger partial charge on any atom is -0.491 e. The minimum atomic E-state index is -0.142. The number of nitrogens with zero attached hydrogens (tertiary/aromatic N) is 4. The summed E-state index contributed by atoms with van der Waals surface area (Å²) in [5, 5.41) is 0. The number of hydrogen-bond acceptors (Lipinski definition) is 5. The Hall–Kier alpha value is -3.28. The van der Waals surface area contributed by atoms with Crippen LogP contribution < -0.4 is 4.74 Å². The normalized spacial score (nSPS) is 10.5. The molecule has 1 amide bonds. The third-order valence-corrected chi connectivity index (χ3v) is 4.18. The van der Waals surface area contributed by atoms with Crippen molar-refractivity contribution in [3.8, 4) is 17.1 Å². The maximum atomic E-state index is 12.5. The summed E-state index contributed by atoms with van der Waals surface area (Å²) in [5.74, 6) is 1.24. The number of aryl methyl sites for hydroxylation is 2. The number of likely N-dealkylation sites (N-methyl/N-ethyl adjacent to an activating group) is 1. The highest BCUT2D eigenvalue weighted by molar-refractivity contribution is 5.93. The Morgan fingerprint density at radius 2 is 1.89 bits per heavy atom. The van der Waals surface area contributed by atoms with Crippen molar-refractivity contribution < 1.29 is 9.53 Å². The summed E-state index contributed by atoms with van der Waals surface area (Å²) < 4.78 is 5.79. The van der Waals surface area contributed by atoms with E-state index in [1.165, 1.54) is 5.56 Å². The summed E-state index contributed by atoms with van der Waals surface area (Å²) in [6.45, 7) is 4.94. The topological polar surface area (TPSA) is 68.2 Å². The van der Waals surface area contributed by atoms with Crippen molar-refractivity contribution in [1.29, 1.82) is 0 Å². The third-order valence-electron chi connectivity index (χ3n) is 4.18. The fraction of sp³-hybridized carbons (Fsp3) is 0.238. The maximum Gasteiger partial charge on any atom is 0.256 e. The van der Waals surface area contributed by atoms with Gasteiger partial charge in [-0.25, -0.2) is 9.97 Å². The van der Waals surface area contributed by atoms with Gasteiger partial charge in [0.05, 0.1) is 12.1 Å². The van der Waals surface area contributed by atoms with E-state index in [1.54, 1.807) is 36.7 Å². The van der Waals surface area contributed by atoms with Gasteiger partial charge in [-0.1, -0.05) is 17.7 Å². The van der Waals surface area contributed by atoms with Gasteiger partial charge in [0.25, 0.3) is 5.91 Å². The molecule has 138 valence electrons. The molecule has 3 aromatic rings. The van der Waals surface area contributed by atoms with Crippen LogP contribution in [0.3, 0.4) is 0 Å². The predicted molar refractivity (Wildman–Crippen MR) is 104 cm³/mol. The van der Waals surface area contributed by atoms with E-state index in [0.29, 0.717) is 24.5 Å². The van der Waals surface area contributed by atoms with Gasteiger partial charge in [-0.15, -0.1) is 0 Å². The van der Waals surface area contributed by atoms with Gasteiger partial charge in [0.15, 0.2) is 5.82 Å². The maximum absolute atomic E-state index is 12.5. The summed E-state index contributed by atoms with van der Waals surface area (Å²) in [7, 11) is 1.74. The lowest BCUT2D eigenvalue weighted by Crippen LogP contribution is -2.31. The first-order chi connectivity index (χ1) is 13.0. The summed E-state index contributed by atoms with van der Waals surface area (Å²) in [6.07, 6.45) is 6.46. The van der Waals surface area contributed by atoms with E-state index in [-0.39, 0.29) is 5.91 Å². The van der Waals surface area contributed by atoms with Gasteiger partial charge >= 0.3 is 0 Å². The molecule has 0 atom stereocenters. The number of pyridine rings is 1. The van der Waals surface area contributed by atoms with Crippen molar-refractivity contribution in [2.75, 3.05) is 20.2 Å². The average Bonchev–Trinajstić information content (AvgIpc) is 2.70. The molecule has 0 spiro atoms. The second-order valence-corrected chi connectivity index (χ2v) is 6.38. The van der Waals surface area contributed by atoms with E-state index >= 15 is 0 Å².